The fourth-order valence-corrected chi connectivity index (χ4v) is 4.23. The van der Waals surface area contributed by atoms with Crippen LogP contribution in [0.1, 0.15) is 30.9 Å². The van der Waals surface area contributed by atoms with E-state index < -0.39 is 18.2 Å². The van der Waals surface area contributed by atoms with Crippen molar-refractivity contribution in [3.05, 3.63) is 47.5 Å². The highest BCUT2D eigenvalue weighted by Crippen LogP contribution is 2.34. The van der Waals surface area contributed by atoms with Crippen LogP contribution in [-0.2, 0) is 9.59 Å². The minimum atomic E-state index is -3.31. The maximum absolute atomic E-state index is 13.1. The number of carbonyl (C=O) groups is 2. The molecular formula is C27H29F2N3O5. The molecule has 1 fully saturated rings. The summed E-state index contributed by atoms with van der Waals surface area (Å²) in [5, 5.41) is 15.1. The average Bonchev–Trinajstić information content (AvgIpc) is 2.84. The number of fused-ring (bicyclic) bond motifs is 1. The van der Waals surface area contributed by atoms with E-state index in [2.05, 4.69) is 32.1 Å². The van der Waals surface area contributed by atoms with Crippen molar-refractivity contribution in [1.82, 2.24) is 4.90 Å². The van der Waals surface area contributed by atoms with Crippen LogP contribution in [0.4, 0.5) is 20.2 Å². The predicted molar refractivity (Wildman–Crippen MR) is 134 cm³/mol. The lowest BCUT2D eigenvalue weighted by Gasteiger charge is -2.28. The molecule has 37 heavy (non-hydrogen) atoms. The lowest BCUT2D eigenvalue weighted by Crippen LogP contribution is -2.41. The number of halogens is 2. The first-order valence-electron chi connectivity index (χ1n) is 12.0. The van der Waals surface area contributed by atoms with Gasteiger partial charge in [0, 0.05) is 18.6 Å². The monoisotopic (exact) mass is 513 g/mol. The van der Waals surface area contributed by atoms with Crippen molar-refractivity contribution in [2.45, 2.75) is 38.9 Å². The van der Waals surface area contributed by atoms with E-state index in [4.69, 9.17) is 9.84 Å². The summed E-state index contributed by atoms with van der Waals surface area (Å²) in [4.78, 5) is 26.2. The Morgan fingerprint density at radius 3 is 2.70 bits per heavy atom. The molecule has 4 rings (SSSR count). The second-order valence-corrected chi connectivity index (χ2v) is 9.28. The van der Waals surface area contributed by atoms with E-state index in [-0.39, 0.29) is 24.1 Å². The summed E-state index contributed by atoms with van der Waals surface area (Å²) in [7, 11) is 0. The molecule has 1 saturated heterocycles. The number of ether oxygens (including phenoxy) is 2. The van der Waals surface area contributed by atoms with Gasteiger partial charge in [0.05, 0.1) is 30.4 Å². The van der Waals surface area contributed by atoms with Crippen LogP contribution in [0.5, 0.6) is 11.5 Å². The smallest absolute Gasteiger partial charge is 0.394 e. The number of piperidine rings is 1. The van der Waals surface area contributed by atoms with Gasteiger partial charge in [0.15, 0.2) is 6.10 Å². The SMILES string of the molecule is Cc1ccc(NC(=O)C2CNc3cc(OC(C)(F)F)ccc3O2)c(C#CCN2CCC(C(=O)O)CC2)c1. The van der Waals surface area contributed by atoms with Crippen LogP contribution in [0.2, 0.25) is 0 Å². The number of benzene rings is 2. The summed E-state index contributed by atoms with van der Waals surface area (Å²) in [5.74, 6) is 5.20. The molecule has 2 aliphatic rings. The molecule has 196 valence electrons. The summed E-state index contributed by atoms with van der Waals surface area (Å²) in [6.45, 7) is 4.62. The van der Waals surface area contributed by atoms with Crippen LogP contribution in [0, 0.1) is 24.7 Å². The summed E-state index contributed by atoms with van der Waals surface area (Å²) >= 11 is 0. The number of hydrogen-bond donors (Lipinski definition) is 3. The standard InChI is InChI=1S/C27H29F2N3O5/c1-17-5-7-21(19(14-17)4-3-11-32-12-9-18(10-13-32)26(34)35)31-25(33)24-16-30-22-15-20(37-27(2,28)29)6-8-23(22)36-24/h5-8,14-15,18,24,30H,9-13,16H2,1-2H3,(H,31,33)(H,34,35). The molecule has 1 unspecified atom stereocenters. The molecule has 2 aromatic rings. The molecule has 10 heteroatoms. The minimum absolute atomic E-state index is 0.0145. The number of rotatable bonds is 6. The van der Waals surface area contributed by atoms with Crippen molar-refractivity contribution >= 4 is 23.3 Å². The molecule has 2 heterocycles. The number of alkyl halides is 2. The highest BCUT2D eigenvalue weighted by molar-refractivity contribution is 5.96. The second kappa shape index (κ2) is 11.0. The van der Waals surface area contributed by atoms with Gasteiger partial charge in [-0.05, 0) is 62.7 Å². The van der Waals surface area contributed by atoms with Crippen molar-refractivity contribution < 1.29 is 33.0 Å². The van der Waals surface area contributed by atoms with Crippen molar-refractivity contribution in [1.29, 1.82) is 0 Å². The van der Waals surface area contributed by atoms with E-state index in [1.54, 1.807) is 6.07 Å². The van der Waals surface area contributed by atoms with Gasteiger partial charge < -0.3 is 25.2 Å². The normalized spacial score (nSPS) is 17.9. The molecule has 0 aliphatic carbocycles. The molecule has 0 saturated carbocycles. The molecule has 8 nitrogen and oxygen atoms in total. The van der Waals surface area contributed by atoms with Crippen molar-refractivity contribution in [3.63, 3.8) is 0 Å². The Labute approximate surface area is 213 Å². The zero-order valence-electron chi connectivity index (χ0n) is 20.6. The molecule has 0 aromatic heterocycles. The number of anilines is 2. The lowest BCUT2D eigenvalue weighted by atomic mass is 9.97. The number of carboxylic acid groups (broad SMARTS) is 1. The highest BCUT2D eigenvalue weighted by atomic mass is 19.3. The van der Waals surface area contributed by atoms with Crippen molar-refractivity contribution in [2.24, 2.45) is 5.92 Å². The van der Waals surface area contributed by atoms with Gasteiger partial charge in [-0.3, -0.25) is 14.5 Å². The number of carbonyl (C=O) groups excluding carboxylic acids is 1. The van der Waals surface area contributed by atoms with Crippen LogP contribution in [0.25, 0.3) is 0 Å². The summed E-state index contributed by atoms with van der Waals surface area (Å²) in [6, 6.07) is 9.78. The molecule has 2 aliphatic heterocycles. The first-order valence-corrected chi connectivity index (χ1v) is 12.0. The molecule has 1 atom stereocenters. The first kappa shape index (κ1) is 26.2. The quantitative estimate of drug-likeness (QED) is 0.503. The Morgan fingerprint density at radius 2 is 2.00 bits per heavy atom. The number of likely N-dealkylation sites (tertiary alicyclic amines) is 1. The zero-order valence-corrected chi connectivity index (χ0v) is 20.6. The van der Waals surface area contributed by atoms with Crippen LogP contribution in [0.15, 0.2) is 36.4 Å². The molecule has 2 aromatic carbocycles. The summed E-state index contributed by atoms with van der Waals surface area (Å²) in [5.41, 5.74) is 2.67. The molecule has 0 bridgehead atoms. The highest BCUT2D eigenvalue weighted by Gasteiger charge is 2.29. The lowest BCUT2D eigenvalue weighted by molar-refractivity contribution is -0.159. The third-order valence-corrected chi connectivity index (χ3v) is 6.18. The maximum Gasteiger partial charge on any atom is 0.394 e. The fourth-order valence-electron chi connectivity index (χ4n) is 4.23. The van der Waals surface area contributed by atoms with Crippen LogP contribution >= 0.6 is 0 Å². The van der Waals surface area contributed by atoms with E-state index in [1.807, 2.05) is 19.1 Å². The molecular weight excluding hydrogens is 484 g/mol. The molecule has 3 N–H and O–H groups in total. The number of carboxylic acids is 1. The van der Waals surface area contributed by atoms with Gasteiger partial charge >= 0.3 is 12.1 Å². The number of nitrogens with zero attached hydrogens (tertiary/aromatic N) is 1. The van der Waals surface area contributed by atoms with E-state index in [0.717, 1.165) is 5.56 Å². The third-order valence-electron chi connectivity index (χ3n) is 6.18. The third kappa shape index (κ3) is 7.11. The molecule has 0 radical (unpaired) electrons. The first-order chi connectivity index (χ1) is 17.6. The number of aliphatic carboxylic acids is 1. The zero-order chi connectivity index (χ0) is 26.6. The van der Waals surface area contributed by atoms with Gasteiger partial charge in [-0.2, -0.15) is 8.78 Å². The van der Waals surface area contributed by atoms with Crippen LogP contribution < -0.4 is 20.1 Å². The minimum Gasteiger partial charge on any atom is -0.481 e. The van der Waals surface area contributed by atoms with Gasteiger partial charge in [-0.25, -0.2) is 0 Å². The van der Waals surface area contributed by atoms with E-state index >= 15 is 0 Å². The van der Waals surface area contributed by atoms with Gasteiger partial charge in [0.25, 0.3) is 5.91 Å². The number of amides is 1. The Balaban J connectivity index is 1.38. The van der Waals surface area contributed by atoms with Gasteiger partial charge in [-0.1, -0.05) is 17.9 Å². The number of nitrogens with one attached hydrogen (secondary N) is 2. The van der Waals surface area contributed by atoms with Gasteiger partial charge in [-0.15, -0.1) is 0 Å². The average molecular weight is 514 g/mol. The van der Waals surface area contributed by atoms with Gasteiger partial charge in [0.2, 0.25) is 0 Å². The Hall–Kier alpha value is -3.84. The summed E-state index contributed by atoms with van der Waals surface area (Å²) < 4.78 is 36.6. The molecule has 0 spiro atoms. The van der Waals surface area contributed by atoms with Crippen molar-refractivity contribution in [3.8, 4) is 23.3 Å². The van der Waals surface area contributed by atoms with Crippen LogP contribution in [0.3, 0.4) is 0 Å². The number of aryl methyl sites for hydroxylation is 1. The fraction of sp³-hybridized carbons (Fsp3) is 0.407. The van der Waals surface area contributed by atoms with E-state index in [9.17, 15) is 18.4 Å². The Kier molecular flexibility index (Phi) is 7.83. The Morgan fingerprint density at radius 1 is 1.24 bits per heavy atom. The topological polar surface area (TPSA) is 100 Å². The molecule has 1 amide bonds. The number of hydrogen-bond acceptors (Lipinski definition) is 6. The Bertz CT molecular complexity index is 1230. The second-order valence-electron chi connectivity index (χ2n) is 9.28. The van der Waals surface area contributed by atoms with Crippen molar-refractivity contribution in [2.75, 3.05) is 36.8 Å². The van der Waals surface area contributed by atoms with E-state index in [0.29, 0.717) is 62.1 Å². The maximum atomic E-state index is 13.1. The van der Waals surface area contributed by atoms with Gasteiger partial charge in [0.1, 0.15) is 11.5 Å². The van der Waals surface area contributed by atoms with E-state index in [1.165, 1.54) is 18.2 Å². The largest absolute Gasteiger partial charge is 0.481 e. The summed E-state index contributed by atoms with van der Waals surface area (Å²) in [6.07, 6.45) is -2.93. The predicted octanol–water partition coefficient (Wildman–Crippen LogP) is 3.95. The van der Waals surface area contributed by atoms with Crippen LogP contribution in [-0.4, -0.2) is 60.3 Å².